The molecule has 98 valence electrons. The standard InChI is InChI=1S/C16H22O2/c1-12-7-6-10-14(11-12)15(17)16(18-2)13-8-4-3-5-9-13/h3-5,8-9,12,14,16H,6-7,10-11H2,1-2H3. The third-order valence-corrected chi connectivity index (χ3v) is 3.94. The average Bonchev–Trinajstić information content (AvgIpc) is 2.41. The average molecular weight is 246 g/mol. The molecule has 2 heteroatoms. The summed E-state index contributed by atoms with van der Waals surface area (Å²) < 4.78 is 5.44. The first-order chi connectivity index (χ1) is 8.72. The molecule has 3 unspecified atom stereocenters. The van der Waals surface area contributed by atoms with E-state index in [0.717, 1.165) is 18.4 Å². The van der Waals surface area contributed by atoms with Gasteiger partial charge in [-0.05, 0) is 24.3 Å². The molecule has 0 saturated heterocycles. The van der Waals surface area contributed by atoms with Crippen molar-refractivity contribution in [3.05, 3.63) is 35.9 Å². The van der Waals surface area contributed by atoms with Gasteiger partial charge < -0.3 is 4.74 Å². The highest BCUT2D eigenvalue weighted by atomic mass is 16.5. The zero-order chi connectivity index (χ0) is 13.0. The lowest BCUT2D eigenvalue weighted by Crippen LogP contribution is -2.27. The highest BCUT2D eigenvalue weighted by Gasteiger charge is 2.31. The van der Waals surface area contributed by atoms with Crippen LogP contribution in [0.3, 0.4) is 0 Å². The highest BCUT2D eigenvalue weighted by Crippen LogP contribution is 2.33. The van der Waals surface area contributed by atoms with E-state index >= 15 is 0 Å². The Balaban J connectivity index is 2.10. The summed E-state index contributed by atoms with van der Waals surface area (Å²) in [5, 5.41) is 0. The number of hydrogen-bond donors (Lipinski definition) is 0. The Morgan fingerprint density at radius 3 is 2.61 bits per heavy atom. The molecule has 2 nitrogen and oxygen atoms in total. The van der Waals surface area contributed by atoms with Crippen molar-refractivity contribution in [2.45, 2.75) is 38.7 Å². The van der Waals surface area contributed by atoms with E-state index in [1.54, 1.807) is 7.11 Å². The Morgan fingerprint density at radius 1 is 1.28 bits per heavy atom. The van der Waals surface area contributed by atoms with Gasteiger partial charge in [0, 0.05) is 13.0 Å². The smallest absolute Gasteiger partial charge is 0.169 e. The van der Waals surface area contributed by atoms with Gasteiger partial charge in [-0.15, -0.1) is 0 Å². The van der Waals surface area contributed by atoms with E-state index in [-0.39, 0.29) is 17.8 Å². The number of methoxy groups -OCH3 is 1. The van der Waals surface area contributed by atoms with Crippen molar-refractivity contribution < 1.29 is 9.53 Å². The number of rotatable bonds is 4. The van der Waals surface area contributed by atoms with Crippen LogP contribution in [0.5, 0.6) is 0 Å². The Morgan fingerprint density at radius 2 is 2.00 bits per heavy atom. The lowest BCUT2D eigenvalue weighted by Gasteiger charge is -2.28. The van der Waals surface area contributed by atoms with Crippen molar-refractivity contribution in [1.29, 1.82) is 0 Å². The molecule has 1 aliphatic carbocycles. The Bertz CT molecular complexity index is 385. The molecule has 0 amide bonds. The molecule has 0 radical (unpaired) electrons. The molecule has 0 N–H and O–H groups in total. The summed E-state index contributed by atoms with van der Waals surface area (Å²) >= 11 is 0. The van der Waals surface area contributed by atoms with E-state index in [1.165, 1.54) is 12.8 Å². The van der Waals surface area contributed by atoms with Gasteiger partial charge >= 0.3 is 0 Å². The minimum atomic E-state index is -0.388. The normalized spacial score (nSPS) is 25.7. The maximum Gasteiger partial charge on any atom is 0.169 e. The zero-order valence-electron chi connectivity index (χ0n) is 11.3. The number of benzene rings is 1. The van der Waals surface area contributed by atoms with Crippen LogP contribution in [-0.4, -0.2) is 12.9 Å². The second-order valence-electron chi connectivity index (χ2n) is 5.40. The molecule has 0 spiro atoms. The summed E-state index contributed by atoms with van der Waals surface area (Å²) in [6.45, 7) is 2.24. The van der Waals surface area contributed by atoms with Gasteiger partial charge in [-0.3, -0.25) is 4.79 Å². The quantitative estimate of drug-likeness (QED) is 0.808. The van der Waals surface area contributed by atoms with Crippen LogP contribution in [0.15, 0.2) is 30.3 Å². The van der Waals surface area contributed by atoms with Gasteiger partial charge in [-0.2, -0.15) is 0 Å². The van der Waals surface area contributed by atoms with Crippen molar-refractivity contribution in [3.63, 3.8) is 0 Å². The van der Waals surface area contributed by atoms with Gasteiger partial charge in [0.25, 0.3) is 0 Å². The van der Waals surface area contributed by atoms with E-state index in [2.05, 4.69) is 6.92 Å². The second kappa shape index (κ2) is 6.14. The number of ketones is 1. The monoisotopic (exact) mass is 246 g/mol. The minimum absolute atomic E-state index is 0.180. The first kappa shape index (κ1) is 13.3. The maximum atomic E-state index is 12.6. The largest absolute Gasteiger partial charge is 0.369 e. The summed E-state index contributed by atoms with van der Waals surface area (Å²) in [4.78, 5) is 12.6. The van der Waals surface area contributed by atoms with Crippen molar-refractivity contribution in [3.8, 4) is 0 Å². The van der Waals surface area contributed by atoms with Gasteiger partial charge in [0.1, 0.15) is 6.10 Å². The van der Waals surface area contributed by atoms with Crippen LogP contribution in [-0.2, 0) is 9.53 Å². The van der Waals surface area contributed by atoms with Crippen LogP contribution in [0, 0.1) is 11.8 Å². The first-order valence-corrected chi connectivity index (χ1v) is 6.84. The lowest BCUT2D eigenvalue weighted by molar-refractivity contribution is -0.134. The van der Waals surface area contributed by atoms with Gasteiger partial charge in [-0.25, -0.2) is 0 Å². The van der Waals surface area contributed by atoms with Gasteiger partial charge in [0.05, 0.1) is 0 Å². The van der Waals surface area contributed by atoms with E-state index in [0.29, 0.717) is 5.92 Å². The van der Waals surface area contributed by atoms with Crippen LogP contribution >= 0.6 is 0 Å². The molecule has 0 aliphatic heterocycles. The number of ether oxygens (including phenoxy) is 1. The molecule has 1 aliphatic rings. The van der Waals surface area contributed by atoms with E-state index < -0.39 is 0 Å². The fourth-order valence-corrected chi connectivity index (χ4v) is 2.95. The Kier molecular flexibility index (Phi) is 4.54. The summed E-state index contributed by atoms with van der Waals surface area (Å²) in [6.07, 6.45) is 4.08. The SMILES string of the molecule is COC(C(=O)C1CCCC(C)C1)c1ccccc1. The molecule has 1 aromatic rings. The maximum absolute atomic E-state index is 12.6. The molecule has 0 aromatic heterocycles. The topological polar surface area (TPSA) is 26.3 Å². The molecular formula is C16H22O2. The molecule has 0 heterocycles. The summed E-state index contributed by atoms with van der Waals surface area (Å²) in [6, 6.07) is 9.82. The highest BCUT2D eigenvalue weighted by molar-refractivity contribution is 5.86. The molecule has 3 atom stereocenters. The van der Waals surface area contributed by atoms with Crippen molar-refractivity contribution in [1.82, 2.24) is 0 Å². The zero-order valence-corrected chi connectivity index (χ0v) is 11.3. The molecule has 1 saturated carbocycles. The van der Waals surface area contributed by atoms with Crippen LogP contribution in [0.1, 0.15) is 44.3 Å². The lowest BCUT2D eigenvalue weighted by atomic mass is 9.78. The third-order valence-electron chi connectivity index (χ3n) is 3.94. The number of carbonyl (C=O) groups excluding carboxylic acids is 1. The Hall–Kier alpha value is -1.15. The fourth-order valence-electron chi connectivity index (χ4n) is 2.95. The minimum Gasteiger partial charge on any atom is -0.369 e. The first-order valence-electron chi connectivity index (χ1n) is 6.84. The van der Waals surface area contributed by atoms with Crippen LogP contribution < -0.4 is 0 Å². The Labute approximate surface area is 109 Å². The van der Waals surface area contributed by atoms with E-state index in [1.807, 2.05) is 30.3 Å². The summed E-state index contributed by atoms with van der Waals surface area (Å²) in [7, 11) is 1.63. The number of Topliss-reactive ketones (excluding diaryl/α,β-unsaturated/α-hetero) is 1. The van der Waals surface area contributed by atoms with Gasteiger partial charge in [0.15, 0.2) is 5.78 Å². The van der Waals surface area contributed by atoms with Crippen LogP contribution in [0.2, 0.25) is 0 Å². The number of carbonyl (C=O) groups is 1. The van der Waals surface area contributed by atoms with Gasteiger partial charge in [-0.1, -0.05) is 50.1 Å². The van der Waals surface area contributed by atoms with Crippen LogP contribution in [0.25, 0.3) is 0 Å². The fraction of sp³-hybridized carbons (Fsp3) is 0.562. The molecule has 0 bridgehead atoms. The van der Waals surface area contributed by atoms with Crippen LogP contribution in [0.4, 0.5) is 0 Å². The van der Waals surface area contributed by atoms with Gasteiger partial charge in [0.2, 0.25) is 0 Å². The predicted molar refractivity (Wildman–Crippen MR) is 72.3 cm³/mol. The second-order valence-corrected chi connectivity index (χ2v) is 5.40. The number of hydrogen-bond acceptors (Lipinski definition) is 2. The van der Waals surface area contributed by atoms with Crippen molar-refractivity contribution in [2.24, 2.45) is 11.8 Å². The van der Waals surface area contributed by atoms with Crippen molar-refractivity contribution >= 4 is 5.78 Å². The molecule has 1 aromatic carbocycles. The molecular weight excluding hydrogens is 224 g/mol. The van der Waals surface area contributed by atoms with E-state index in [9.17, 15) is 4.79 Å². The van der Waals surface area contributed by atoms with Crippen molar-refractivity contribution in [2.75, 3.05) is 7.11 Å². The molecule has 18 heavy (non-hydrogen) atoms. The third kappa shape index (κ3) is 2.99. The van der Waals surface area contributed by atoms with E-state index in [4.69, 9.17) is 4.74 Å². The summed E-state index contributed by atoms with van der Waals surface area (Å²) in [5.41, 5.74) is 0.975. The summed E-state index contributed by atoms with van der Waals surface area (Å²) in [5.74, 6) is 1.11. The predicted octanol–water partition coefficient (Wildman–Crippen LogP) is 3.77. The molecule has 1 fully saturated rings. The molecule has 2 rings (SSSR count).